The Balaban J connectivity index is 1.90. The van der Waals surface area contributed by atoms with Crippen LogP contribution in [0.25, 0.3) is 0 Å². The normalized spacial score (nSPS) is 24.5. The Morgan fingerprint density at radius 3 is 2.30 bits per heavy atom. The average molecular weight is 610 g/mol. The van der Waals surface area contributed by atoms with E-state index in [4.69, 9.17) is 23.2 Å². The maximum Gasteiger partial charge on any atom is 0.304 e. The minimum atomic E-state index is -3.49. The number of sulfonamides is 1. The molecule has 1 heterocycles. The van der Waals surface area contributed by atoms with E-state index in [0.717, 1.165) is 11.1 Å². The van der Waals surface area contributed by atoms with E-state index >= 15 is 0 Å². The van der Waals surface area contributed by atoms with E-state index < -0.39 is 33.5 Å². The number of halogens is 2. The van der Waals surface area contributed by atoms with E-state index in [1.165, 1.54) is 4.31 Å². The maximum atomic E-state index is 14.5. The van der Waals surface area contributed by atoms with E-state index in [0.29, 0.717) is 35.7 Å². The van der Waals surface area contributed by atoms with E-state index in [1.54, 1.807) is 37.1 Å². The number of likely N-dealkylation sites (N-methyl/N-ethyl adjacent to an activating group) is 1. The Hall–Kier alpha value is -2.13. The van der Waals surface area contributed by atoms with E-state index in [-0.39, 0.29) is 36.0 Å². The van der Waals surface area contributed by atoms with Crippen LogP contribution in [0.2, 0.25) is 10.0 Å². The Morgan fingerprint density at radius 1 is 1.10 bits per heavy atom. The van der Waals surface area contributed by atoms with Crippen LogP contribution < -0.4 is 0 Å². The third kappa shape index (κ3) is 6.67. The van der Waals surface area contributed by atoms with Crippen LogP contribution in [0.3, 0.4) is 0 Å². The van der Waals surface area contributed by atoms with Crippen molar-refractivity contribution < 1.29 is 23.1 Å². The van der Waals surface area contributed by atoms with E-state index in [9.17, 15) is 23.1 Å². The summed E-state index contributed by atoms with van der Waals surface area (Å²) in [5.74, 6) is -1.48. The van der Waals surface area contributed by atoms with Crippen molar-refractivity contribution in [2.45, 2.75) is 76.1 Å². The standard InChI is InChI=1S/C30H38Cl2N2O5S/c1-19(2)14-24(18-33(4)40(38,39)25-12-13-25)34-28(20-8-10-22(31)11-9-20)26(21-6-5-7-23(32)15-21)16-30(3,29(34)37)17-27(35)36/h5-11,15,19,24-26,28H,12-14,16-18H2,1-4H3,(H,35,36)/t24-,26+,28+,30+/m0/s1. The number of likely N-dealkylation sites (tertiary alicyclic amines) is 1. The monoisotopic (exact) mass is 608 g/mol. The van der Waals surface area contributed by atoms with Gasteiger partial charge < -0.3 is 10.0 Å². The fourth-order valence-corrected chi connectivity index (χ4v) is 8.07. The predicted octanol–water partition coefficient (Wildman–Crippen LogP) is 6.37. The molecule has 2 aliphatic rings. The minimum absolute atomic E-state index is 0.123. The molecule has 0 unspecified atom stereocenters. The molecule has 40 heavy (non-hydrogen) atoms. The molecule has 1 aliphatic heterocycles. The Morgan fingerprint density at radius 2 is 1.75 bits per heavy atom. The van der Waals surface area contributed by atoms with Crippen LogP contribution in [-0.2, 0) is 19.6 Å². The zero-order chi connectivity index (χ0) is 29.4. The van der Waals surface area contributed by atoms with E-state index in [1.807, 2.05) is 44.2 Å². The summed E-state index contributed by atoms with van der Waals surface area (Å²) >= 11 is 12.7. The number of carbonyl (C=O) groups excluding carboxylic acids is 1. The molecule has 7 nitrogen and oxygen atoms in total. The number of amides is 1. The van der Waals surface area contributed by atoms with Crippen LogP contribution in [-0.4, -0.2) is 59.5 Å². The second-order valence-electron chi connectivity index (χ2n) is 12.0. The zero-order valence-electron chi connectivity index (χ0n) is 23.4. The highest BCUT2D eigenvalue weighted by molar-refractivity contribution is 7.90. The number of rotatable bonds is 11. The molecule has 1 saturated heterocycles. The molecule has 0 radical (unpaired) electrons. The molecule has 2 fully saturated rings. The lowest BCUT2D eigenvalue weighted by Gasteiger charge is -2.52. The van der Waals surface area contributed by atoms with Crippen molar-refractivity contribution in [1.82, 2.24) is 9.21 Å². The zero-order valence-corrected chi connectivity index (χ0v) is 25.7. The number of carbonyl (C=O) groups is 2. The Bertz CT molecular complexity index is 1350. The van der Waals surface area contributed by atoms with Crippen LogP contribution in [0.4, 0.5) is 0 Å². The van der Waals surface area contributed by atoms with Crippen molar-refractivity contribution in [3.63, 3.8) is 0 Å². The number of nitrogens with zero attached hydrogens (tertiary/aromatic N) is 2. The first-order valence-corrected chi connectivity index (χ1v) is 16.0. The lowest BCUT2D eigenvalue weighted by atomic mass is 9.67. The fraction of sp³-hybridized carbons (Fsp3) is 0.533. The van der Waals surface area contributed by atoms with Gasteiger partial charge in [0.1, 0.15) is 0 Å². The molecule has 1 aliphatic carbocycles. The maximum absolute atomic E-state index is 14.5. The van der Waals surface area contributed by atoms with Gasteiger partial charge in [-0.3, -0.25) is 9.59 Å². The molecule has 218 valence electrons. The topological polar surface area (TPSA) is 95.0 Å². The summed E-state index contributed by atoms with van der Waals surface area (Å²) in [5.41, 5.74) is 0.538. The number of hydrogen-bond donors (Lipinski definition) is 1. The van der Waals surface area contributed by atoms with Gasteiger partial charge in [0, 0.05) is 35.6 Å². The van der Waals surface area contributed by atoms with Gasteiger partial charge in [-0.1, -0.05) is 68.2 Å². The van der Waals surface area contributed by atoms with Crippen LogP contribution >= 0.6 is 23.2 Å². The molecule has 0 spiro atoms. The summed E-state index contributed by atoms with van der Waals surface area (Å²) in [5, 5.41) is 10.6. The summed E-state index contributed by atoms with van der Waals surface area (Å²) in [6, 6.07) is 13.8. The molecule has 0 aromatic heterocycles. The van der Waals surface area contributed by atoms with E-state index in [2.05, 4.69) is 0 Å². The van der Waals surface area contributed by atoms with Gasteiger partial charge in [0.2, 0.25) is 15.9 Å². The smallest absolute Gasteiger partial charge is 0.304 e. The summed E-state index contributed by atoms with van der Waals surface area (Å²) in [6.45, 7) is 5.92. The van der Waals surface area contributed by atoms with Crippen molar-refractivity contribution in [2.75, 3.05) is 13.6 Å². The van der Waals surface area contributed by atoms with Gasteiger partial charge in [-0.2, -0.15) is 0 Å². The Labute approximate surface area is 247 Å². The lowest BCUT2D eigenvalue weighted by Crippen LogP contribution is -2.58. The van der Waals surface area contributed by atoms with Crippen molar-refractivity contribution in [3.8, 4) is 0 Å². The van der Waals surface area contributed by atoms with Gasteiger partial charge in [0.15, 0.2) is 0 Å². The molecule has 2 aromatic carbocycles. The number of piperidine rings is 1. The van der Waals surface area contributed by atoms with Crippen molar-refractivity contribution >= 4 is 45.1 Å². The molecule has 4 rings (SSSR count). The molecule has 0 bridgehead atoms. The first-order chi connectivity index (χ1) is 18.7. The van der Waals surface area contributed by atoms with Gasteiger partial charge >= 0.3 is 5.97 Å². The first-order valence-electron chi connectivity index (χ1n) is 13.7. The number of hydrogen-bond acceptors (Lipinski definition) is 4. The van der Waals surface area contributed by atoms with Gasteiger partial charge in [-0.15, -0.1) is 0 Å². The molecule has 2 aromatic rings. The molecule has 1 N–H and O–H groups in total. The summed E-state index contributed by atoms with van der Waals surface area (Å²) < 4.78 is 27.7. The van der Waals surface area contributed by atoms with Crippen LogP contribution in [0.5, 0.6) is 0 Å². The summed E-state index contributed by atoms with van der Waals surface area (Å²) in [4.78, 5) is 28.4. The highest BCUT2D eigenvalue weighted by Crippen LogP contribution is 2.52. The molecule has 1 amide bonds. The van der Waals surface area contributed by atoms with Gasteiger partial charge in [-0.05, 0) is 67.0 Å². The second-order valence-corrected chi connectivity index (χ2v) is 15.2. The van der Waals surface area contributed by atoms with Gasteiger partial charge in [0.25, 0.3) is 0 Å². The molecule has 1 saturated carbocycles. The second kappa shape index (κ2) is 12.0. The number of carboxylic acids is 1. The highest BCUT2D eigenvalue weighted by Gasteiger charge is 2.53. The Kier molecular flexibility index (Phi) is 9.25. The molecular formula is C30H38Cl2N2O5S. The average Bonchev–Trinajstić information content (AvgIpc) is 3.71. The highest BCUT2D eigenvalue weighted by atomic mass is 35.5. The van der Waals surface area contributed by atoms with Crippen molar-refractivity contribution in [2.24, 2.45) is 11.3 Å². The number of aliphatic carboxylic acids is 1. The number of carboxylic acid groups (broad SMARTS) is 1. The third-order valence-electron chi connectivity index (χ3n) is 8.12. The lowest BCUT2D eigenvalue weighted by molar-refractivity contribution is -0.161. The van der Waals surface area contributed by atoms with Crippen molar-refractivity contribution in [3.05, 3.63) is 69.7 Å². The third-order valence-corrected chi connectivity index (χ3v) is 10.9. The summed E-state index contributed by atoms with van der Waals surface area (Å²) in [6.07, 6.45) is 1.80. The van der Waals surface area contributed by atoms with Crippen molar-refractivity contribution in [1.29, 1.82) is 0 Å². The quantitative estimate of drug-likeness (QED) is 0.320. The predicted molar refractivity (Wildman–Crippen MR) is 158 cm³/mol. The molecule has 10 heteroatoms. The van der Waals surface area contributed by atoms with Crippen LogP contribution in [0.1, 0.15) is 76.0 Å². The fourth-order valence-electron chi connectivity index (χ4n) is 6.12. The number of benzene rings is 2. The van der Waals surface area contributed by atoms with Crippen LogP contribution in [0.15, 0.2) is 48.5 Å². The van der Waals surface area contributed by atoms with Gasteiger partial charge in [-0.25, -0.2) is 12.7 Å². The minimum Gasteiger partial charge on any atom is -0.481 e. The SMILES string of the molecule is CC(C)C[C@@H](CN(C)S(=O)(=O)C1CC1)N1C(=O)[C@@](C)(CC(=O)O)C[C@H](c2cccc(Cl)c2)[C@H]1c1ccc(Cl)cc1. The first kappa shape index (κ1) is 30.8. The largest absolute Gasteiger partial charge is 0.481 e. The van der Waals surface area contributed by atoms with Crippen LogP contribution in [0, 0.1) is 11.3 Å². The summed E-state index contributed by atoms with van der Waals surface area (Å²) in [7, 11) is -1.91. The molecular weight excluding hydrogens is 571 g/mol. The molecule has 4 atom stereocenters. The van der Waals surface area contributed by atoms with Gasteiger partial charge in [0.05, 0.1) is 23.1 Å².